The van der Waals surface area contributed by atoms with Crippen LogP contribution in [0.15, 0.2) is 0 Å². The lowest BCUT2D eigenvalue weighted by atomic mass is 9.94. The van der Waals surface area contributed by atoms with Crippen molar-refractivity contribution in [3.05, 3.63) is 0 Å². The van der Waals surface area contributed by atoms with Crippen molar-refractivity contribution in [2.45, 2.75) is 40.0 Å². The van der Waals surface area contributed by atoms with E-state index in [2.05, 4.69) is 0 Å². The molecule has 0 aromatic rings. The molecule has 1 rings (SSSR count). The van der Waals surface area contributed by atoms with Crippen LogP contribution < -0.4 is 0 Å². The molecule has 0 aromatic carbocycles. The maximum Gasteiger partial charge on any atom is 0.307 e. The fraction of sp³-hybridized carbons (Fsp3) is 0.917. The van der Waals surface area contributed by atoms with Crippen LogP contribution in [0.4, 0.5) is 0 Å². The van der Waals surface area contributed by atoms with Crippen molar-refractivity contribution < 1.29 is 18.3 Å². The third-order valence-electron chi connectivity index (χ3n) is 3.24. The Balaban J connectivity index is 2.64. The van der Waals surface area contributed by atoms with Gasteiger partial charge >= 0.3 is 5.97 Å². The van der Waals surface area contributed by atoms with Gasteiger partial charge in [-0.05, 0) is 24.7 Å². The summed E-state index contributed by atoms with van der Waals surface area (Å²) in [6.45, 7) is 6.58. The van der Waals surface area contributed by atoms with Crippen LogP contribution in [0.2, 0.25) is 0 Å². The maximum absolute atomic E-state index is 12.1. The minimum atomic E-state index is -3.31. The molecule has 0 radical (unpaired) electrons. The highest BCUT2D eigenvalue weighted by Crippen LogP contribution is 2.23. The number of hydrogen-bond acceptors (Lipinski definition) is 3. The predicted molar refractivity (Wildman–Crippen MR) is 69.8 cm³/mol. The molecule has 6 heteroatoms. The first-order valence-electron chi connectivity index (χ1n) is 6.32. The summed E-state index contributed by atoms with van der Waals surface area (Å²) in [5.41, 5.74) is -0.0327. The normalized spacial score (nSPS) is 22.9. The summed E-state index contributed by atoms with van der Waals surface area (Å²) in [4.78, 5) is 10.9. The van der Waals surface area contributed by atoms with Crippen molar-refractivity contribution in [2.75, 3.05) is 18.8 Å². The van der Waals surface area contributed by atoms with Crippen molar-refractivity contribution in [1.29, 1.82) is 0 Å². The van der Waals surface area contributed by atoms with E-state index >= 15 is 0 Å². The van der Waals surface area contributed by atoms with Gasteiger partial charge in [-0.1, -0.05) is 20.8 Å². The second-order valence-electron chi connectivity index (χ2n) is 6.16. The number of aliphatic carboxylic acids is 1. The van der Waals surface area contributed by atoms with Crippen molar-refractivity contribution in [2.24, 2.45) is 11.3 Å². The fourth-order valence-corrected chi connectivity index (χ4v) is 3.90. The van der Waals surface area contributed by atoms with Crippen molar-refractivity contribution in [3.63, 3.8) is 0 Å². The summed E-state index contributed by atoms with van der Waals surface area (Å²) in [6, 6.07) is 0. The van der Waals surface area contributed by atoms with Gasteiger partial charge in [-0.3, -0.25) is 4.79 Å². The summed E-state index contributed by atoms with van der Waals surface area (Å²) in [5, 5.41) is 8.96. The van der Waals surface area contributed by atoms with Crippen LogP contribution in [-0.4, -0.2) is 42.6 Å². The summed E-state index contributed by atoms with van der Waals surface area (Å²) in [5.74, 6) is -1.35. The van der Waals surface area contributed by atoms with E-state index in [-0.39, 0.29) is 17.7 Å². The highest BCUT2D eigenvalue weighted by atomic mass is 32.2. The largest absolute Gasteiger partial charge is 0.481 e. The van der Waals surface area contributed by atoms with Crippen LogP contribution in [0.5, 0.6) is 0 Å². The SMILES string of the molecule is CC(C)(C)CCS(=O)(=O)N1CCC[C@H](C(=O)O)C1. The summed E-state index contributed by atoms with van der Waals surface area (Å²) in [7, 11) is -3.31. The first-order valence-corrected chi connectivity index (χ1v) is 7.93. The molecule has 1 N–H and O–H groups in total. The van der Waals surface area contributed by atoms with Gasteiger partial charge in [-0.2, -0.15) is 0 Å². The molecule has 1 atom stereocenters. The number of nitrogens with zero attached hydrogens (tertiary/aromatic N) is 1. The minimum Gasteiger partial charge on any atom is -0.481 e. The molecule has 1 saturated heterocycles. The zero-order chi connectivity index (χ0) is 14.0. The maximum atomic E-state index is 12.1. The number of carboxylic acid groups (broad SMARTS) is 1. The molecular weight excluding hydrogens is 254 g/mol. The number of hydrogen-bond donors (Lipinski definition) is 1. The van der Waals surface area contributed by atoms with Crippen molar-refractivity contribution >= 4 is 16.0 Å². The Hall–Kier alpha value is -0.620. The molecule has 0 saturated carbocycles. The molecule has 5 nitrogen and oxygen atoms in total. The number of piperidine rings is 1. The monoisotopic (exact) mass is 277 g/mol. The average Bonchev–Trinajstić information content (AvgIpc) is 2.26. The van der Waals surface area contributed by atoms with Gasteiger partial charge in [0.25, 0.3) is 0 Å². The Kier molecular flexibility index (Phi) is 4.78. The van der Waals surface area contributed by atoms with Crippen molar-refractivity contribution in [1.82, 2.24) is 4.31 Å². The minimum absolute atomic E-state index is 0.0327. The first-order chi connectivity index (χ1) is 8.12. The lowest BCUT2D eigenvalue weighted by Gasteiger charge is -2.30. The van der Waals surface area contributed by atoms with Gasteiger partial charge in [-0.25, -0.2) is 12.7 Å². The van der Waals surface area contributed by atoms with Gasteiger partial charge in [0.1, 0.15) is 0 Å². The topological polar surface area (TPSA) is 74.7 Å². The molecule has 18 heavy (non-hydrogen) atoms. The Morgan fingerprint density at radius 2 is 2.00 bits per heavy atom. The molecule has 0 spiro atoms. The van der Waals surface area contributed by atoms with Crippen LogP contribution in [0.1, 0.15) is 40.0 Å². The third kappa shape index (κ3) is 4.57. The highest BCUT2D eigenvalue weighted by Gasteiger charge is 2.32. The molecule has 1 heterocycles. The van der Waals surface area contributed by atoms with E-state index in [4.69, 9.17) is 5.11 Å². The quantitative estimate of drug-likeness (QED) is 0.846. The van der Waals surface area contributed by atoms with E-state index < -0.39 is 21.9 Å². The summed E-state index contributed by atoms with van der Waals surface area (Å²) < 4.78 is 25.6. The van der Waals surface area contributed by atoms with Crippen LogP contribution in [0.3, 0.4) is 0 Å². The Morgan fingerprint density at radius 1 is 1.39 bits per heavy atom. The van der Waals surface area contributed by atoms with E-state index in [0.717, 1.165) is 0 Å². The standard InChI is InChI=1S/C12H23NO4S/c1-12(2,3)6-8-18(16,17)13-7-4-5-10(9-13)11(14)15/h10H,4-9H2,1-3H3,(H,14,15)/t10-/m0/s1. The molecule has 0 amide bonds. The summed E-state index contributed by atoms with van der Waals surface area (Å²) >= 11 is 0. The molecule has 0 unspecified atom stereocenters. The molecule has 0 aliphatic carbocycles. The lowest BCUT2D eigenvalue weighted by Crippen LogP contribution is -2.43. The number of carbonyl (C=O) groups is 1. The predicted octanol–water partition coefficient (Wildman–Crippen LogP) is 1.55. The van der Waals surface area contributed by atoms with Crippen LogP contribution >= 0.6 is 0 Å². The molecule has 1 aliphatic heterocycles. The van der Waals surface area contributed by atoms with E-state index in [1.807, 2.05) is 20.8 Å². The molecule has 106 valence electrons. The fourth-order valence-electron chi connectivity index (χ4n) is 1.96. The summed E-state index contributed by atoms with van der Waals surface area (Å²) in [6.07, 6.45) is 1.79. The molecule has 1 aliphatic rings. The van der Waals surface area contributed by atoms with Crippen LogP contribution in [0.25, 0.3) is 0 Å². The molecular formula is C12H23NO4S. The van der Waals surface area contributed by atoms with E-state index in [1.54, 1.807) is 0 Å². The molecule has 1 fully saturated rings. The number of rotatable bonds is 4. The van der Waals surface area contributed by atoms with Crippen LogP contribution in [0, 0.1) is 11.3 Å². The first kappa shape index (κ1) is 15.4. The van der Waals surface area contributed by atoms with Gasteiger partial charge in [0.2, 0.25) is 10.0 Å². The zero-order valence-electron chi connectivity index (χ0n) is 11.3. The Morgan fingerprint density at radius 3 is 2.50 bits per heavy atom. The zero-order valence-corrected chi connectivity index (χ0v) is 12.2. The average molecular weight is 277 g/mol. The van der Waals surface area contributed by atoms with Gasteiger partial charge in [0.15, 0.2) is 0 Å². The Labute approximate surface area is 109 Å². The highest BCUT2D eigenvalue weighted by molar-refractivity contribution is 7.89. The Bertz CT molecular complexity index is 397. The lowest BCUT2D eigenvalue weighted by molar-refractivity contribution is -0.142. The van der Waals surface area contributed by atoms with Crippen LogP contribution in [-0.2, 0) is 14.8 Å². The molecule has 0 aromatic heterocycles. The van der Waals surface area contributed by atoms with Gasteiger partial charge < -0.3 is 5.11 Å². The number of carboxylic acids is 1. The second kappa shape index (κ2) is 5.57. The smallest absolute Gasteiger partial charge is 0.307 e. The van der Waals surface area contributed by atoms with Gasteiger partial charge in [-0.15, -0.1) is 0 Å². The van der Waals surface area contributed by atoms with E-state index in [0.29, 0.717) is 25.8 Å². The number of sulfonamides is 1. The van der Waals surface area contributed by atoms with E-state index in [1.165, 1.54) is 4.31 Å². The molecule has 0 bridgehead atoms. The third-order valence-corrected chi connectivity index (χ3v) is 5.08. The van der Waals surface area contributed by atoms with E-state index in [9.17, 15) is 13.2 Å². The van der Waals surface area contributed by atoms with Crippen molar-refractivity contribution in [3.8, 4) is 0 Å². The second-order valence-corrected chi connectivity index (χ2v) is 8.25. The van der Waals surface area contributed by atoms with Gasteiger partial charge in [0.05, 0.1) is 11.7 Å². The van der Waals surface area contributed by atoms with Gasteiger partial charge in [0, 0.05) is 13.1 Å².